The van der Waals surface area contributed by atoms with Crippen molar-refractivity contribution in [3.8, 4) is 23.0 Å². The van der Waals surface area contributed by atoms with E-state index in [1.54, 1.807) is 36.4 Å². The molecule has 1 aliphatic heterocycles. The average molecular weight is 459 g/mol. The lowest BCUT2D eigenvalue weighted by Crippen LogP contribution is -2.25. The van der Waals surface area contributed by atoms with Crippen molar-refractivity contribution < 1.29 is 32.2 Å². The zero-order valence-electron chi connectivity index (χ0n) is 16.4. The van der Waals surface area contributed by atoms with Gasteiger partial charge in [-0.05, 0) is 60.5 Å². The van der Waals surface area contributed by atoms with Gasteiger partial charge in [-0.1, -0.05) is 30.0 Å². The Morgan fingerprint density at radius 2 is 1.38 bits per heavy atom. The summed E-state index contributed by atoms with van der Waals surface area (Å²) in [6, 6.07) is 18.3. The second kappa shape index (κ2) is 8.96. The maximum Gasteiger partial charge on any atom is 0.416 e. The highest BCUT2D eigenvalue weighted by Gasteiger charge is 2.31. The number of carbonyl (C=O) groups is 2. The number of rotatable bonds is 6. The maximum absolute atomic E-state index is 12.7. The molecular formula is C23H16F3NO4S. The molecule has 0 saturated carbocycles. The Labute approximate surface area is 185 Å². The summed E-state index contributed by atoms with van der Waals surface area (Å²) in [5, 5.41) is 1.49. The molecule has 0 bridgehead atoms. The van der Waals surface area contributed by atoms with Crippen molar-refractivity contribution in [1.82, 2.24) is 5.32 Å². The van der Waals surface area contributed by atoms with Crippen molar-refractivity contribution in [3.05, 3.63) is 83.9 Å². The Morgan fingerprint density at radius 3 is 1.88 bits per heavy atom. The molecule has 0 radical (unpaired) electrons. The molecule has 0 aromatic heterocycles. The Kier molecular flexibility index (Phi) is 6.09. The summed E-state index contributed by atoms with van der Waals surface area (Å²) in [6.07, 6.45) is -3.97. The maximum atomic E-state index is 12.7. The molecule has 5 nitrogen and oxygen atoms in total. The van der Waals surface area contributed by atoms with Gasteiger partial charge in [0.05, 0.1) is 10.8 Å². The topological polar surface area (TPSA) is 64.6 Å². The number of alkyl halides is 3. The zero-order chi connectivity index (χ0) is 22.7. The number of benzene rings is 3. The van der Waals surface area contributed by atoms with Crippen LogP contribution in [0.1, 0.15) is 11.1 Å². The third-order valence-corrected chi connectivity index (χ3v) is 5.55. The van der Waals surface area contributed by atoms with Crippen LogP contribution in [-0.2, 0) is 17.4 Å². The smallest absolute Gasteiger partial charge is 0.416 e. The van der Waals surface area contributed by atoms with Crippen molar-refractivity contribution in [2.75, 3.05) is 0 Å². The molecular weight excluding hydrogens is 443 g/mol. The third kappa shape index (κ3) is 5.42. The summed E-state index contributed by atoms with van der Waals surface area (Å²) in [5.41, 5.74) is 0.142. The van der Waals surface area contributed by atoms with Gasteiger partial charge in [-0.25, -0.2) is 0 Å². The van der Waals surface area contributed by atoms with Crippen molar-refractivity contribution in [2.45, 2.75) is 17.8 Å². The summed E-state index contributed by atoms with van der Waals surface area (Å²) in [7, 11) is 0. The lowest BCUT2D eigenvalue weighted by Gasteiger charge is -2.11. The van der Waals surface area contributed by atoms with E-state index >= 15 is 0 Å². The molecule has 164 valence electrons. The minimum atomic E-state index is -4.40. The van der Waals surface area contributed by atoms with Crippen molar-refractivity contribution >= 4 is 22.9 Å². The Bertz CT molecular complexity index is 1130. The Morgan fingerprint density at radius 1 is 0.812 bits per heavy atom. The number of thioether (sulfide) groups is 1. The third-order valence-electron chi connectivity index (χ3n) is 4.57. The van der Waals surface area contributed by atoms with Gasteiger partial charge < -0.3 is 9.47 Å². The second-order valence-electron chi connectivity index (χ2n) is 6.93. The quantitative estimate of drug-likeness (QED) is 0.477. The first kappa shape index (κ1) is 21.8. The summed E-state index contributed by atoms with van der Waals surface area (Å²) in [6.45, 7) is 0. The molecule has 3 aromatic carbocycles. The van der Waals surface area contributed by atoms with Crippen LogP contribution in [0.25, 0.3) is 0 Å². The Balaban J connectivity index is 1.38. The van der Waals surface area contributed by atoms with Crippen LogP contribution in [0.15, 0.2) is 72.8 Å². The van der Waals surface area contributed by atoms with Crippen LogP contribution in [0.3, 0.4) is 0 Å². The highest BCUT2D eigenvalue weighted by molar-refractivity contribution is 8.15. The van der Waals surface area contributed by atoms with Crippen molar-refractivity contribution in [2.24, 2.45) is 0 Å². The molecule has 3 aromatic rings. The SMILES string of the molecule is O=C1NC(=O)C(Cc2ccc(Oc3cccc(Oc4ccc(C(F)(F)F)cc4)c3)cc2)S1. The molecule has 1 aliphatic rings. The molecule has 4 rings (SSSR count). The van der Waals surface area contributed by atoms with E-state index in [9.17, 15) is 22.8 Å². The molecule has 2 amide bonds. The van der Waals surface area contributed by atoms with E-state index < -0.39 is 17.0 Å². The monoisotopic (exact) mass is 459 g/mol. The van der Waals surface area contributed by atoms with E-state index in [2.05, 4.69) is 5.32 Å². The minimum absolute atomic E-state index is 0.270. The molecule has 9 heteroatoms. The van der Waals surface area contributed by atoms with Crippen LogP contribution in [-0.4, -0.2) is 16.4 Å². The number of hydrogen-bond acceptors (Lipinski definition) is 5. The van der Waals surface area contributed by atoms with Gasteiger partial charge in [-0.3, -0.25) is 14.9 Å². The first-order chi connectivity index (χ1) is 15.3. The standard InChI is InChI=1S/C23H16F3NO4S/c24-23(25,26)15-6-10-17(11-7-15)31-19-3-1-2-18(13-19)30-16-8-4-14(5-9-16)12-20-21(28)27-22(29)32-20/h1-11,13,20H,12H2,(H,27,28,29). The highest BCUT2D eigenvalue weighted by Crippen LogP contribution is 2.33. The van der Waals surface area contributed by atoms with Crippen LogP contribution in [0.5, 0.6) is 23.0 Å². The molecule has 1 unspecified atom stereocenters. The highest BCUT2D eigenvalue weighted by atomic mass is 32.2. The van der Waals surface area contributed by atoms with E-state index in [0.717, 1.165) is 29.5 Å². The molecule has 1 N–H and O–H groups in total. The minimum Gasteiger partial charge on any atom is -0.457 e. The summed E-state index contributed by atoms with van der Waals surface area (Å²) >= 11 is 0.979. The lowest BCUT2D eigenvalue weighted by molar-refractivity contribution is -0.137. The van der Waals surface area contributed by atoms with Gasteiger partial charge in [0.2, 0.25) is 5.91 Å². The number of halogens is 3. The van der Waals surface area contributed by atoms with E-state index in [4.69, 9.17) is 9.47 Å². The van der Waals surface area contributed by atoms with Crippen LogP contribution in [0, 0.1) is 0 Å². The fourth-order valence-electron chi connectivity index (χ4n) is 3.02. The number of hydrogen-bond donors (Lipinski definition) is 1. The molecule has 0 aliphatic carbocycles. The molecule has 1 heterocycles. The predicted molar refractivity (Wildman–Crippen MR) is 113 cm³/mol. The molecule has 32 heavy (non-hydrogen) atoms. The van der Waals surface area contributed by atoms with Gasteiger partial charge in [-0.15, -0.1) is 0 Å². The van der Waals surface area contributed by atoms with Gasteiger partial charge in [-0.2, -0.15) is 13.2 Å². The Hall–Kier alpha value is -3.46. The number of nitrogens with one attached hydrogen (secondary N) is 1. The fraction of sp³-hybridized carbons (Fsp3) is 0.130. The molecule has 1 atom stereocenters. The summed E-state index contributed by atoms with van der Waals surface area (Å²) in [5.74, 6) is 1.43. The second-order valence-corrected chi connectivity index (χ2v) is 8.11. The van der Waals surface area contributed by atoms with Crippen molar-refractivity contribution in [1.29, 1.82) is 0 Å². The number of amides is 2. The zero-order valence-corrected chi connectivity index (χ0v) is 17.2. The number of imide groups is 1. The number of ether oxygens (including phenoxy) is 2. The average Bonchev–Trinajstić information content (AvgIpc) is 3.06. The van der Waals surface area contributed by atoms with Gasteiger partial charge in [0, 0.05) is 6.07 Å². The van der Waals surface area contributed by atoms with Gasteiger partial charge in [0.1, 0.15) is 23.0 Å². The van der Waals surface area contributed by atoms with Crippen LogP contribution >= 0.6 is 11.8 Å². The lowest BCUT2D eigenvalue weighted by atomic mass is 10.1. The fourth-order valence-corrected chi connectivity index (χ4v) is 3.88. The van der Waals surface area contributed by atoms with Gasteiger partial charge in [0.25, 0.3) is 5.24 Å². The first-order valence-electron chi connectivity index (χ1n) is 9.50. The normalized spacial score (nSPS) is 16.0. The van der Waals surface area contributed by atoms with Gasteiger partial charge in [0.15, 0.2) is 0 Å². The van der Waals surface area contributed by atoms with Crippen molar-refractivity contribution in [3.63, 3.8) is 0 Å². The molecule has 1 saturated heterocycles. The molecule has 0 spiro atoms. The van der Waals surface area contributed by atoms with Crippen LogP contribution in [0.2, 0.25) is 0 Å². The first-order valence-corrected chi connectivity index (χ1v) is 10.4. The van der Waals surface area contributed by atoms with E-state index in [1.165, 1.54) is 12.1 Å². The van der Waals surface area contributed by atoms with E-state index in [-0.39, 0.29) is 16.9 Å². The summed E-state index contributed by atoms with van der Waals surface area (Å²) in [4.78, 5) is 22.9. The van der Waals surface area contributed by atoms with Crippen LogP contribution < -0.4 is 14.8 Å². The van der Waals surface area contributed by atoms with Crippen LogP contribution in [0.4, 0.5) is 18.0 Å². The van der Waals surface area contributed by atoms with E-state index in [1.807, 2.05) is 12.1 Å². The van der Waals surface area contributed by atoms with Gasteiger partial charge >= 0.3 is 6.18 Å². The van der Waals surface area contributed by atoms with E-state index in [0.29, 0.717) is 23.7 Å². The predicted octanol–water partition coefficient (Wildman–Crippen LogP) is 6.18. The molecule has 1 fully saturated rings. The summed E-state index contributed by atoms with van der Waals surface area (Å²) < 4.78 is 49.5. The number of carbonyl (C=O) groups excluding carboxylic acids is 2. The largest absolute Gasteiger partial charge is 0.457 e.